The van der Waals surface area contributed by atoms with Crippen LogP contribution in [0.1, 0.15) is 22.8 Å². The van der Waals surface area contributed by atoms with Crippen LogP contribution in [0.4, 0.5) is 0 Å². The van der Waals surface area contributed by atoms with E-state index in [4.69, 9.17) is 23.2 Å². The first kappa shape index (κ1) is 13.8. The molecule has 0 saturated heterocycles. The Labute approximate surface area is 121 Å². The first-order chi connectivity index (χ1) is 9.10. The van der Waals surface area contributed by atoms with Crippen LogP contribution in [0.2, 0.25) is 10.0 Å². The summed E-state index contributed by atoms with van der Waals surface area (Å²) in [5.74, 6) is -0.122. The highest BCUT2D eigenvalue weighted by Gasteiger charge is 2.05. The van der Waals surface area contributed by atoms with Crippen LogP contribution in [0, 0.1) is 0 Å². The average molecular weight is 295 g/mol. The predicted molar refractivity (Wildman–Crippen MR) is 77.7 cm³/mol. The summed E-state index contributed by atoms with van der Waals surface area (Å²) < 4.78 is 1.79. The molecule has 1 heterocycles. The number of hydrogen-bond donors (Lipinski definition) is 0. The summed E-state index contributed by atoms with van der Waals surface area (Å²) in [4.78, 5) is 11.9. The van der Waals surface area contributed by atoms with Crippen molar-refractivity contribution >= 4 is 35.1 Å². The lowest BCUT2D eigenvalue weighted by atomic mass is 10.1. The second-order valence-electron chi connectivity index (χ2n) is 3.96. The van der Waals surface area contributed by atoms with Crippen LogP contribution in [-0.4, -0.2) is 15.6 Å². The van der Waals surface area contributed by atoms with E-state index in [1.165, 1.54) is 6.08 Å². The van der Waals surface area contributed by atoms with Crippen LogP contribution >= 0.6 is 23.2 Å². The maximum Gasteiger partial charge on any atom is 0.185 e. The van der Waals surface area contributed by atoms with Crippen LogP contribution in [0.5, 0.6) is 0 Å². The fraction of sp³-hybridized carbons (Fsp3) is 0.143. The van der Waals surface area contributed by atoms with Gasteiger partial charge in [-0.15, -0.1) is 0 Å². The van der Waals surface area contributed by atoms with Crippen molar-refractivity contribution in [3.63, 3.8) is 0 Å². The highest BCUT2D eigenvalue weighted by atomic mass is 35.5. The summed E-state index contributed by atoms with van der Waals surface area (Å²) in [5.41, 5.74) is 1.39. The highest BCUT2D eigenvalue weighted by Crippen LogP contribution is 2.23. The predicted octanol–water partition coefficient (Wildman–Crippen LogP) is 4.11. The lowest BCUT2D eigenvalue weighted by Gasteiger charge is -1.98. The minimum atomic E-state index is -0.122. The number of halogens is 2. The van der Waals surface area contributed by atoms with E-state index in [0.717, 1.165) is 12.1 Å². The van der Waals surface area contributed by atoms with Crippen LogP contribution in [0.25, 0.3) is 6.08 Å². The molecule has 98 valence electrons. The molecule has 19 heavy (non-hydrogen) atoms. The molecule has 0 saturated carbocycles. The number of allylic oxidation sites excluding steroid dienone is 1. The van der Waals surface area contributed by atoms with E-state index >= 15 is 0 Å². The standard InChI is InChI=1S/C14H12Cl2N2O/c1-2-18-9-10(8-17-18)3-6-14(19)11-4-5-12(15)13(16)7-11/h3-9H,2H2,1H3/b6-3+. The van der Waals surface area contributed by atoms with Gasteiger partial charge in [0.05, 0.1) is 16.2 Å². The van der Waals surface area contributed by atoms with Crippen molar-refractivity contribution in [2.75, 3.05) is 0 Å². The Morgan fingerprint density at radius 2 is 2.16 bits per heavy atom. The Bertz CT molecular complexity index is 632. The Balaban J connectivity index is 2.13. The third-order valence-corrected chi connectivity index (χ3v) is 3.35. The van der Waals surface area contributed by atoms with Crippen molar-refractivity contribution in [3.8, 4) is 0 Å². The van der Waals surface area contributed by atoms with E-state index in [1.54, 1.807) is 35.2 Å². The van der Waals surface area contributed by atoms with Crippen LogP contribution in [0.3, 0.4) is 0 Å². The van der Waals surface area contributed by atoms with Crippen molar-refractivity contribution in [1.29, 1.82) is 0 Å². The first-order valence-electron chi connectivity index (χ1n) is 5.80. The maximum absolute atomic E-state index is 11.9. The lowest BCUT2D eigenvalue weighted by molar-refractivity contribution is 0.104. The normalized spacial score (nSPS) is 11.1. The molecule has 0 aliphatic rings. The van der Waals surface area contributed by atoms with E-state index in [0.29, 0.717) is 15.6 Å². The summed E-state index contributed by atoms with van der Waals surface area (Å²) in [6.45, 7) is 2.80. The molecule has 2 rings (SSSR count). The van der Waals surface area contributed by atoms with Crippen molar-refractivity contribution in [2.24, 2.45) is 0 Å². The van der Waals surface area contributed by atoms with Gasteiger partial charge in [-0.3, -0.25) is 9.48 Å². The fourth-order valence-corrected chi connectivity index (χ4v) is 1.85. The van der Waals surface area contributed by atoms with Gasteiger partial charge in [0.2, 0.25) is 0 Å². The number of benzene rings is 1. The molecule has 3 nitrogen and oxygen atoms in total. The molecule has 0 fully saturated rings. The lowest BCUT2D eigenvalue weighted by Crippen LogP contribution is -1.93. The molecule has 0 radical (unpaired) electrons. The zero-order valence-electron chi connectivity index (χ0n) is 10.3. The largest absolute Gasteiger partial charge is 0.289 e. The minimum Gasteiger partial charge on any atom is -0.289 e. The quantitative estimate of drug-likeness (QED) is 0.628. The molecule has 0 atom stereocenters. The van der Waals surface area contributed by atoms with Crippen molar-refractivity contribution < 1.29 is 4.79 Å². The molecular weight excluding hydrogens is 283 g/mol. The van der Waals surface area contributed by atoms with Gasteiger partial charge in [-0.05, 0) is 37.3 Å². The number of aromatic nitrogens is 2. The zero-order valence-corrected chi connectivity index (χ0v) is 11.8. The zero-order chi connectivity index (χ0) is 13.8. The molecule has 1 aromatic carbocycles. The fourth-order valence-electron chi connectivity index (χ4n) is 1.56. The molecule has 5 heteroatoms. The van der Waals surface area contributed by atoms with Gasteiger partial charge in [0, 0.05) is 23.9 Å². The van der Waals surface area contributed by atoms with Gasteiger partial charge >= 0.3 is 0 Å². The van der Waals surface area contributed by atoms with Gasteiger partial charge in [0.25, 0.3) is 0 Å². The first-order valence-corrected chi connectivity index (χ1v) is 6.55. The Hall–Kier alpha value is -1.58. The second-order valence-corrected chi connectivity index (χ2v) is 4.77. The van der Waals surface area contributed by atoms with E-state index in [2.05, 4.69) is 5.10 Å². The van der Waals surface area contributed by atoms with Crippen LogP contribution in [0.15, 0.2) is 36.7 Å². The summed E-state index contributed by atoms with van der Waals surface area (Å²) in [5, 5.41) is 4.94. The topological polar surface area (TPSA) is 34.9 Å². The summed E-state index contributed by atoms with van der Waals surface area (Å²) in [7, 11) is 0. The van der Waals surface area contributed by atoms with Gasteiger partial charge < -0.3 is 0 Å². The van der Waals surface area contributed by atoms with Gasteiger partial charge in [-0.25, -0.2) is 0 Å². The van der Waals surface area contributed by atoms with E-state index < -0.39 is 0 Å². The molecule has 0 amide bonds. The molecule has 2 aromatic rings. The van der Waals surface area contributed by atoms with Gasteiger partial charge in [-0.2, -0.15) is 5.10 Å². The summed E-state index contributed by atoms with van der Waals surface area (Å²) >= 11 is 11.7. The van der Waals surface area contributed by atoms with Crippen LogP contribution in [-0.2, 0) is 6.54 Å². The van der Waals surface area contributed by atoms with E-state index in [1.807, 2.05) is 13.1 Å². The van der Waals surface area contributed by atoms with E-state index in [-0.39, 0.29) is 5.78 Å². The molecule has 0 unspecified atom stereocenters. The van der Waals surface area contributed by atoms with Gasteiger partial charge in [-0.1, -0.05) is 23.2 Å². The monoisotopic (exact) mass is 294 g/mol. The maximum atomic E-state index is 11.9. The number of nitrogens with zero attached hydrogens (tertiary/aromatic N) is 2. The number of hydrogen-bond acceptors (Lipinski definition) is 2. The molecule has 0 N–H and O–H groups in total. The number of ketones is 1. The summed E-state index contributed by atoms with van der Waals surface area (Å²) in [6, 6.07) is 4.82. The van der Waals surface area contributed by atoms with Crippen molar-refractivity contribution in [2.45, 2.75) is 13.5 Å². The van der Waals surface area contributed by atoms with Crippen LogP contribution < -0.4 is 0 Å². The smallest absolute Gasteiger partial charge is 0.185 e. The number of rotatable bonds is 4. The number of carbonyl (C=O) groups is 1. The Kier molecular flexibility index (Phi) is 4.40. The minimum absolute atomic E-state index is 0.122. The highest BCUT2D eigenvalue weighted by molar-refractivity contribution is 6.42. The Morgan fingerprint density at radius 3 is 2.79 bits per heavy atom. The molecule has 0 bridgehead atoms. The van der Waals surface area contributed by atoms with E-state index in [9.17, 15) is 4.79 Å². The SMILES string of the molecule is CCn1cc(/C=C/C(=O)c2ccc(Cl)c(Cl)c2)cn1. The third-order valence-electron chi connectivity index (χ3n) is 2.61. The summed E-state index contributed by atoms with van der Waals surface area (Å²) in [6.07, 6.45) is 6.81. The average Bonchev–Trinajstić information content (AvgIpc) is 2.87. The van der Waals surface area contributed by atoms with Gasteiger partial charge in [0.15, 0.2) is 5.78 Å². The Morgan fingerprint density at radius 1 is 1.37 bits per heavy atom. The molecule has 0 aliphatic heterocycles. The molecule has 0 spiro atoms. The van der Waals surface area contributed by atoms with Crippen molar-refractivity contribution in [3.05, 3.63) is 57.8 Å². The number of aryl methyl sites for hydroxylation is 1. The van der Waals surface area contributed by atoms with Crippen molar-refractivity contribution in [1.82, 2.24) is 9.78 Å². The molecular formula is C14H12Cl2N2O. The van der Waals surface area contributed by atoms with Gasteiger partial charge in [0.1, 0.15) is 0 Å². The number of carbonyl (C=O) groups excluding carboxylic acids is 1. The third kappa shape index (κ3) is 3.46. The molecule has 1 aromatic heterocycles. The second kappa shape index (κ2) is 6.04. The molecule has 0 aliphatic carbocycles.